The van der Waals surface area contributed by atoms with Gasteiger partial charge in [-0.1, -0.05) is 6.42 Å². The zero-order valence-corrected chi connectivity index (χ0v) is 13.2. The van der Waals surface area contributed by atoms with Crippen LogP contribution in [0.3, 0.4) is 0 Å². The van der Waals surface area contributed by atoms with E-state index in [1.807, 2.05) is 0 Å². The predicted octanol–water partition coefficient (Wildman–Crippen LogP) is 2.49. The van der Waals surface area contributed by atoms with Crippen LogP contribution in [-0.2, 0) is 11.3 Å². The molecule has 1 aliphatic heterocycles. The zero-order chi connectivity index (χ0) is 14.9. The van der Waals surface area contributed by atoms with Crippen LogP contribution in [0.1, 0.15) is 51.4 Å². The summed E-state index contributed by atoms with van der Waals surface area (Å²) < 4.78 is 1.75. The number of hydrogen-bond donors (Lipinski definition) is 0. The van der Waals surface area contributed by atoms with Gasteiger partial charge in [-0.05, 0) is 56.3 Å². The van der Waals surface area contributed by atoms with E-state index in [9.17, 15) is 4.79 Å². The van der Waals surface area contributed by atoms with Crippen LogP contribution in [-0.4, -0.2) is 38.2 Å². The zero-order valence-electron chi connectivity index (χ0n) is 13.2. The van der Waals surface area contributed by atoms with Crippen molar-refractivity contribution >= 4 is 5.91 Å². The molecule has 1 aromatic heterocycles. The van der Waals surface area contributed by atoms with Crippen molar-refractivity contribution < 1.29 is 4.79 Å². The first-order valence-electron chi connectivity index (χ1n) is 8.91. The van der Waals surface area contributed by atoms with Gasteiger partial charge in [0.1, 0.15) is 12.7 Å². The van der Waals surface area contributed by atoms with Gasteiger partial charge in [0, 0.05) is 19.0 Å². The van der Waals surface area contributed by atoms with Crippen molar-refractivity contribution in [2.24, 2.45) is 17.8 Å². The molecular weight excluding hydrogens is 276 g/mol. The molecule has 2 heterocycles. The van der Waals surface area contributed by atoms with Gasteiger partial charge in [0.25, 0.3) is 0 Å². The van der Waals surface area contributed by atoms with E-state index in [4.69, 9.17) is 0 Å². The SMILES string of the molecule is O=C(CCn1cncn1)N1CCCC1CC1CC2CCC1C2. The predicted molar refractivity (Wildman–Crippen MR) is 82.9 cm³/mol. The molecule has 2 aliphatic carbocycles. The first-order chi connectivity index (χ1) is 10.8. The van der Waals surface area contributed by atoms with E-state index in [2.05, 4.69) is 15.0 Å². The van der Waals surface area contributed by atoms with Gasteiger partial charge < -0.3 is 4.90 Å². The summed E-state index contributed by atoms with van der Waals surface area (Å²) in [6.07, 6.45) is 13.2. The topological polar surface area (TPSA) is 51.0 Å². The molecule has 1 amide bonds. The minimum atomic E-state index is 0.307. The molecule has 22 heavy (non-hydrogen) atoms. The lowest BCUT2D eigenvalue weighted by molar-refractivity contribution is -0.132. The Labute approximate surface area is 132 Å². The molecule has 1 saturated heterocycles. The number of aromatic nitrogens is 3. The van der Waals surface area contributed by atoms with E-state index in [1.165, 1.54) is 51.3 Å². The van der Waals surface area contributed by atoms with E-state index in [1.54, 1.807) is 11.0 Å². The molecule has 0 aromatic carbocycles. The van der Waals surface area contributed by atoms with Crippen LogP contribution < -0.4 is 0 Å². The van der Waals surface area contributed by atoms with Crippen molar-refractivity contribution in [1.82, 2.24) is 19.7 Å². The maximum Gasteiger partial charge on any atom is 0.224 e. The molecule has 5 heteroatoms. The lowest BCUT2D eigenvalue weighted by Crippen LogP contribution is -2.37. The van der Waals surface area contributed by atoms with Crippen LogP contribution in [0.25, 0.3) is 0 Å². The third-order valence-corrected chi connectivity index (χ3v) is 6.18. The number of aryl methyl sites for hydroxylation is 1. The Morgan fingerprint density at radius 2 is 2.18 bits per heavy atom. The van der Waals surface area contributed by atoms with E-state index in [-0.39, 0.29) is 0 Å². The molecule has 5 nitrogen and oxygen atoms in total. The standard InChI is InChI=1S/C17H26N4O/c22-17(5-7-20-12-18-11-19-20)21-6-1-2-16(21)10-15-9-13-3-4-14(15)8-13/h11-16H,1-10H2. The van der Waals surface area contributed by atoms with E-state index in [0.29, 0.717) is 24.9 Å². The van der Waals surface area contributed by atoms with Gasteiger partial charge in [-0.25, -0.2) is 4.98 Å². The molecule has 4 atom stereocenters. The van der Waals surface area contributed by atoms with Gasteiger partial charge in [-0.2, -0.15) is 5.10 Å². The van der Waals surface area contributed by atoms with Crippen LogP contribution in [0.15, 0.2) is 12.7 Å². The van der Waals surface area contributed by atoms with Crippen LogP contribution in [0.5, 0.6) is 0 Å². The third kappa shape index (κ3) is 2.77. The summed E-state index contributed by atoms with van der Waals surface area (Å²) in [5.74, 6) is 3.18. The second kappa shape index (κ2) is 6.01. The van der Waals surface area contributed by atoms with Crippen LogP contribution >= 0.6 is 0 Å². The molecule has 1 aromatic rings. The molecule has 4 unspecified atom stereocenters. The number of carbonyl (C=O) groups is 1. The van der Waals surface area contributed by atoms with Crippen molar-refractivity contribution in [1.29, 1.82) is 0 Å². The van der Waals surface area contributed by atoms with E-state index >= 15 is 0 Å². The highest BCUT2D eigenvalue weighted by Crippen LogP contribution is 2.50. The summed E-state index contributed by atoms with van der Waals surface area (Å²) in [5, 5.41) is 4.08. The van der Waals surface area contributed by atoms with E-state index < -0.39 is 0 Å². The molecule has 4 rings (SSSR count). The Bertz CT molecular complexity index is 515. The second-order valence-electron chi connectivity index (χ2n) is 7.46. The maximum atomic E-state index is 12.5. The number of hydrogen-bond acceptors (Lipinski definition) is 3. The first-order valence-corrected chi connectivity index (χ1v) is 8.91. The van der Waals surface area contributed by atoms with E-state index in [0.717, 1.165) is 24.3 Å². The molecule has 2 saturated carbocycles. The summed E-state index contributed by atoms with van der Waals surface area (Å²) in [4.78, 5) is 18.6. The summed E-state index contributed by atoms with van der Waals surface area (Å²) in [6.45, 7) is 1.61. The molecule has 3 fully saturated rings. The van der Waals surface area contributed by atoms with Gasteiger partial charge in [0.2, 0.25) is 5.91 Å². The van der Waals surface area contributed by atoms with Crippen LogP contribution in [0.2, 0.25) is 0 Å². The second-order valence-corrected chi connectivity index (χ2v) is 7.46. The Balaban J connectivity index is 1.31. The van der Waals surface area contributed by atoms with Gasteiger partial charge >= 0.3 is 0 Å². The largest absolute Gasteiger partial charge is 0.340 e. The first kappa shape index (κ1) is 14.2. The number of fused-ring (bicyclic) bond motifs is 2. The fourth-order valence-corrected chi connectivity index (χ4v) is 5.13. The normalized spacial score (nSPS) is 33.7. The number of nitrogens with zero attached hydrogens (tertiary/aromatic N) is 4. The van der Waals surface area contributed by atoms with Crippen LogP contribution in [0, 0.1) is 17.8 Å². The minimum absolute atomic E-state index is 0.307. The molecular formula is C17H26N4O. The summed E-state index contributed by atoms with van der Waals surface area (Å²) in [7, 11) is 0. The van der Waals surface area contributed by atoms with Gasteiger partial charge in [0.15, 0.2) is 0 Å². The van der Waals surface area contributed by atoms with Crippen molar-refractivity contribution in [3.63, 3.8) is 0 Å². The summed E-state index contributed by atoms with van der Waals surface area (Å²) >= 11 is 0. The molecule has 3 aliphatic rings. The van der Waals surface area contributed by atoms with Crippen molar-refractivity contribution in [2.75, 3.05) is 6.54 Å². The van der Waals surface area contributed by atoms with Gasteiger partial charge in [-0.3, -0.25) is 9.48 Å². The number of rotatable bonds is 5. The highest BCUT2D eigenvalue weighted by molar-refractivity contribution is 5.76. The lowest BCUT2D eigenvalue weighted by atomic mass is 9.83. The average Bonchev–Trinajstić information content (AvgIpc) is 3.29. The Hall–Kier alpha value is -1.39. The van der Waals surface area contributed by atoms with Crippen molar-refractivity contribution in [2.45, 2.75) is 64.0 Å². The van der Waals surface area contributed by atoms with Gasteiger partial charge in [-0.15, -0.1) is 0 Å². The Morgan fingerprint density at radius 3 is 2.91 bits per heavy atom. The fraction of sp³-hybridized carbons (Fsp3) is 0.824. The number of likely N-dealkylation sites (tertiary alicyclic amines) is 1. The molecule has 0 N–H and O–H groups in total. The highest BCUT2D eigenvalue weighted by atomic mass is 16.2. The molecule has 0 radical (unpaired) electrons. The van der Waals surface area contributed by atoms with Crippen LogP contribution in [0.4, 0.5) is 0 Å². The quantitative estimate of drug-likeness (QED) is 0.839. The fourth-order valence-electron chi connectivity index (χ4n) is 5.13. The number of carbonyl (C=O) groups excluding carboxylic acids is 1. The number of amides is 1. The van der Waals surface area contributed by atoms with Gasteiger partial charge in [0.05, 0.1) is 6.54 Å². The molecule has 120 valence electrons. The Morgan fingerprint density at radius 1 is 1.23 bits per heavy atom. The summed E-state index contributed by atoms with van der Waals surface area (Å²) in [5.41, 5.74) is 0. The molecule has 2 bridgehead atoms. The summed E-state index contributed by atoms with van der Waals surface area (Å²) in [6, 6.07) is 0.507. The molecule has 0 spiro atoms. The van der Waals surface area contributed by atoms with Crippen molar-refractivity contribution in [3.05, 3.63) is 12.7 Å². The maximum absolute atomic E-state index is 12.5. The average molecular weight is 302 g/mol. The Kier molecular flexibility index (Phi) is 3.89. The lowest BCUT2D eigenvalue weighted by Gasteiger charge is -2.30. The monoisotopic (exact) mass is 302 g/mol. The smallest absolute Gasteiger partial charge is 0.224 e. The minimum Gasteiger partial charge on any atom is -0.340 e. The van der Waals surface area contributed by atoms with Crippen molar-refractivity contribution in [3.8, 4) is 0 Å². The highest BCUT2D eigenvalue weighted by Gasteiger charge is 2.41. The third-order valence-electron chi connectivity index (χ3n) is 6.18.